The van der Waals surface area contributed by atoms with Crippen LogP contribution in [0.2, 0.25) is 0 Å². The van der Waals surface area contributed by atoms with Crippen molar-refractivity contribution in [2.45, 2.75) is 89.9 Å². The molecule has 0 N–H and O–H groups in total. The summed E-state index contributed by atoms with van der Waals surface area (Å²) >= 11 is 0. The number of fused-ring (bicyclic) bond motifs is 1. The largest absolute Gasteiger partial charge is 0.486 e. The van der Waals surface area contributed by atoms with Gasteiger partial charge in [-0.05, 0) is 66.4 Å². The fourth-order valence-electron chi connectivity index (χ4n) is 6.28. The van der Waals surface area contributed by atoms with Crippen LogP contribution in [0.4, 0.5) is 4.39 Å². The van der Waals surface area contributed by atoms with Crippen molar-refractivity contribution < 1.29 is 9.13 Å². The molecule has 0 spiro atoms. The van der Waals surface area contributed by atoms with E-state index in [9.17, 15) is 4.39 Å². The first kappa shape index (κ1) is 23.3. The lowest BCUT2D eigenvalue weighted by atomic mass is 9.74. The molecule has 0 bridgehead atoms. The SMILES string of the molecule is C=CCOc1ccc2cc(C3CCC(CCC4CCC(CCC)CC4)CC3)ccc2c1F. The van der Waals surface area contributed by atoms with E-state index in [1.54, 1.807) is 12.1 Å². The molecule has 0 aliphatic heterocycles. The van der Waals surface area contributed by atoms with Gasteiger partial charge in [-0.2, -0.15) is 0 Å². The third-order valence-electron chi connectivity index (χ3n) is 8.26. The molecule has 32 heavy (non-hydrogen) atoms. The second-order valence-corrected chi connectivity index (χ2v) is 10.4. The van der Waals surface area contributed by atoms with E-state index in [4.69, 9.17) is 4.74 Å². The van der Waals surface area contributed by atoms with E-state index < -0.39 is 0 Å². The third kappa shape index (κ3) is 5.74. The van der Waals surface area contributed by atoms with Crippen LogP contribution in [0.3, 0.4) is 0 Å². The smallest absolute Gasteiger partial charge is 0.172 e. The van der Waals surface area contributed by atoms with Gasteiger partial charge in [0.2, 0.25) is 0 Å². The van der Waals surface area contributed by atoms with E-state index in [-0.39, 0.29) is 5.82 Å². The standard InChI is InChI=1S/C30H41FO/c1-3-5-22-6-8-23(9-7-22)10-11-24-12-14-25(15-13-24)26-16-18-28-27(21-26)17-19-29(30(28)31)32-20-4-2/h4,16-19,21-25H,2-3,5-15,20H2,1H3. The number of ether oxygens (including phenoxy) is 1. The van der Waals surface area contributed by atoms with Crippen molar-refractivity contribution in [3.63, 3.8) is 0 Å². The molecule has 2 aliphatic rings. The predicted molar refractivity (Wildman–Crippen MR) is 134 cm³/mol. The summed E-state index contributed by atoms with van der Waals surface area (Å²) in [5.74, 6) is 3.61. The van der Waals surface area contributed by atoms with Crippen LogP contribution in [-0.4, -0.2) is 6.61 Å². The zero-order valence-corrected chi connectivity index (χ0v) is 20.0. The van der Waals surface area contributed by atoms with Crippen LogP contribution in [0.5, 0.6) is 5.75 Å². The third-order valence-corrected chi connectivity index (χ3v) is 8.26. The van der Waals surface area contributed by atoms with Crippen LogP contribution in [-0.2, 0) is 0 Å². The molecule has 0 aromatic heterocycles. The van der Waals surface area contributed by atoms with E-state index in [1.807, 2.05) is 12.1 Å². The number of hydrogen-bond donors (Lipinski definition) is 0. The van der Waals surface area contributed by atoms with Gasteiger partial charge in [-0.1, -0.05) is 95.2 Å². The van der Waals surface area contributed by atoms with Gasteiger partial charge in [0, 0.05) is 5.39 Å². The molecule has 2 saturated carbocycles. The Labute approximate surface area is 194 Å². The van der Waals surface area contributed by atoms with Crippen molar-refractivity contribution in [2.24, 2.45) is 17.8 Å². The Morgan fingerprint density at radius 3 is 2.12 bits per heavy atom. The normalized spacial score (nSPS) is 26.2. The maximum atomic E-state index is 14.8. The van der Waals surface area contributed by atoms with Gasteiger partial charge in [0.25, 0.3) is 0 Å². The van der Waals surface area contributed by atoms with Crippen molar-refractivity contribution in [3.05, 3.63) is 54.4 Å². The highest BCUT2D eigenvalue weighted by molar-refractivity contribution is 5.85. The first-order valence-corrected chi connectivity index (χ1v) is 13.1. The molecule has 0 heterocycles. The fraction of sp³-hybridized carbons (Fsp3) is 0.600. The summed E-state index contributed by atoms with van der Waals surface area (Å²) in [6.45, 7) is 6.28. The second-order valence-electron chi connectivity index (χ2n) is 10.4. The van der Waals surface area contributed by atoms with E-state index in [0.29, 0.717) is 23.7 Å². The van der Waals surface area contributed by atoms with E-state index in [2.05, 4.69) is 25.6 Å². The van der Waals surface area contributed by atoms with Crippen molar-refractivity contribution in [2.75, 3.05) is 6.61 Å². The molecule has 2 heteroatoms. The quantitative estimate of drug-likeness (QED) is 0.356. The topological polar surface area (TPSA) is 9.23 Å². The number of rotatable bonds is 9. The molecule has 4 rings (SSSR count). The molecular weight excluding hydrogens is 395 g/mol. The summed E-state index contributed by atoms with van der Waals surface area (Å²) in [6.07, 6.45) is 18.5. The van der Waals surface area contributed by atoms with Gasteiger partial charge in [-0.25, -0.2) is 4.39 Å². The van der Waals surface area contributed by atoms with Gasteiger partial charge in [-0.3, -0.25) is 0 Å². The summed E-state index contributed by atoms with van der Waals surface area (Å²) in [5.41, 5.74) is 1.38. The number of hydrogen-bond acceptors (Lipinski definition) is 1. The first-order valence-electron chi connectivity index (χ1n) is 13.1. The summed E-state index contributed by atoms with van der Waals surface area (Å²) in [6, 6.07) is 10.0. The second kappa shape index (κ2) is 11.3. The summed E-state index contributed by atoms with van der Waals surface area (Å²) < 4.78 is 20.2. The molecule has 174 valence electrons. The van der Waals surface area contributed by atoms with Crippen LogP contribution in [0.1, 0.15) is 95.5 Å². The van der Waals surface area contributed by atoms with Crippen LogP contribution >= 0.6 is 0 Å². The van der Waals surface area contributed by atoms with Crippen LogP contribution < -0.4 is 4.74 Å². The molecule has 0 unspecified atom stereocenters. The van der Waals surface area contributed by atoms with Crippen molar-refractivity contribution >= 4 is 10.8 Å². The Bertz CT molecular complexity index is 872. The lowest BCUT2D eigenvalue weighted by Gasteiger charge is -2.32. The van der Waals surface area contributed by atoms with E-state index >= 15 is 0 Å². The monoisotopic (exact) mass is 436 g/mol. The van der Waals surface area contributed by atoms with Gasteiger partial charge in [0.15, 0.2) is 11.6 Å². The van der Waals surface area contributed by atoms with Gasteiger partial charge < -0.3 is 4.74 Å². The van der Waals surface area contributed by atoms with E-state index in [0.717, 1.165) is 23.1 Å². The molecule has 1 nitrogen and oxygen atoms in total. The maximum absolute atomic E-state index is 14.8. The maximum Gasteiger partial charge on any atom is 0.172 e. The fourth-order valence-corrected chi connectivity index (χ4v) is 6.28. The van der Waals surface area contributed by atoms with Crippen LogP contribution in [0, 0.1) is 23.6 Å². The Morgan fingerprint density at radius 1 is 0.875 bits per heavy atom. The zero-order valence-electron chi connectivity index (χ0n) is 20.0. The Kier molecular flexibility index (Phi) is 8.27. The molecule has 0 saturated heterocycles. The van der Waals surface area contributed by atoms with Gasteiger partial charge in [-0.15, -0.1) is 0 Å². The minimum Gasteiger partial charge on any atom is -0.486 e. The molecule has 0 atom stereocenters. The van der Waals surface area contributed by atoms with Gasteiger partial charge >= 0.3 is 0 Å². The zero-order chi connectivity index (χ0) is 22.3. The van der Waals surface area contributed by atoms with Crippen LogP contribution in [0.25, 0.3) is 10.8 Å². The number of halogens is 1. The lowest BCUT2D eigenvalue weighted by Crippen LogP contribution is -2.17. The summed E-state index contributed by atoms with van der Waals surface area (Å²) in [5, 5.41) is 1.63. The Hall–Kier alpha value is -1.83. The number of benzene rings is 2. The average Bonchev–Trinajstić information content (AvgIpc) is 2.83. The van der Waals surface area contributed by atoms with Gasteiger partial charge in [0.05, 0.1) is 0 Å². The molecule has 0 amide bonds. The van der Waals surface area contributed by atoms with Gasteiger partial charge in [0.1, 0.15) is 6.61 Å². The first-order chi connectivity index (χ1) is 15.7. The highest BCUT2D eigenvalue weighted by Crippen LogP contribution is 2.41. The molecule has 2 fully saturated rings. The highest BCUT2D eigenvalue weighted by Gasteiger charge is 2.25. The predicted octanol–water partition coefficient (Wildman–Crippen LogP) is 9.20. The average molecular weight is 437 g/mol. The van der Waals surface area contributed by atoms with E-state index in [1.165, 1.54) is 82.6 Å². The molecule has 2 aliphatic carbocycles. The van der Waals surface area contributed by atoms with Crippen molar-refractivity contribution in [1.82, 2.24) is 0 Å². The van der Waals surface area contributed by atoms with Crippen molar-refractivity contribution in [3.8, 4) is 5.75 Å². The molecule has 2 aromatic rings. The molecular formula is C30H41FO. The lowest BCUT2D eigenvalue weighted by molar-refractivity contribution is 0.224. The Balaban J connectivity index is 1.27. The Morgan fingerprint density at radius 2 is 1.50 bits per heavy atom. The minimum absolute atomic E-state index is 0.261. The minimum atomic E-state index is -0.261. The summed E-state index contributed by atoms with van der Waals surface area (Å²) in [4.78, 5) is 0. The highest BCUT2D eigenvalue weighted by atomic mass is 19.1. The summed E-state index contributed by atoms with van der Waals surface area (Å²) in [7, 11) is 0. The molecule has 2 aromatic carbocycles. The van der Waals surface area contributed by atoms with Crippen molar-refractivity contribution in [1.29, 1.82) is 0 Å². The van der Waals surface area contributed by atoms with Crippen LogP contribution in [0.15, 0.2) is 43.0 Å². The molecule has 0 radical (unpaired) electrons.